The molecule has 0 spiro atoms. The van der Waals surface area contributed by atoms with E-state index in [0.29, 0.717) is 25.7 Å². The molecule has 2 atom stereocenters. The van der Waals surface area contributed by atoms with Gasteiger partial charge in [0.1, 0.15) is 12.1 Å². The van der Waals surface area contributed by atoms with Crippen molar-refractivity contribution in [1.82, 2.24) is 10.6 Å². The van der Waals surface area contributed by atoms with Gasteiger partial charge in [0.25, 0.3) is 0 Å². The van der Waals surface area contributed by atoms with Crippen LogP contribution in [0.2, 0.25) is 0 Å². The largest absolute Gasteiger partial charge is 0.480 e. The number of carboxylic acid groups (broad SMARTS) is 1. The summed E-state index contributed by atoms with van der Waals surface area (Å²) in [6.07, 6.45) is 1.82. The third kappa shape index (κ3) is 3.22. The third-order valence-electron chi connectivity index (χ3n) is 2.50. The van der Waals surface area contributed by atoms with Crippen molar-refractivity contribution >= 4 is 17.8 Å². The summed E-state index contributed by atoms with van der Waals surface area (Å²) < 4.78 is 0. The van der Waals surface area contributed by atoms with E-state index in [4.69, 9.17) is 5.11 Å². The molecule has 0 aromatic carbocycles. The molecule has 0 radical (unpaired) electrons. The molecule has 0 aromatic rings. The van der Waals surface area contributed by atoms with E-state index < -0.39 is 24.0 Å². The SMILES string of the molecule is CCCC(NC(=O)C1CCC(=O)N1)C(=O)O. The Hall–Kier alpha value is -1.59. The molecule has 90 valence electrons. The molecule has 6 heteroatoms. The van der Waals surface area contributed by atoms with E-state index in [0.717, 1.165) is 0 Å². The van der Waals surface area contributed by atoms with Crippen molar-refractivity contribution in [2.24, 2.45) is 0 Å². The molecule has 2 unspecified atom stereocenters. The van der Waals surface area contributed by atoms with Gasteiger partial charge in [0.15, 0.2) is 0 Å². The van der Waals surface area contributed by atoms with Crippen LogP contribution in [0.3, 0.4) is 0 Å². The fraction of sp³-hybridized carbons (Fsp3) is 0.700. The molecule has 2 amide bonds. The predicted molar refractivity (Wildman–Crippen MR) is 55.6 cm³/mol. The van der Waals surface area contributed by atoms with Crippen molar-refractivity contribution in [3.63, 3.8) is 0 Å². The van der Waals surface area contributed by atoms with Gasteiger partial charge in [-0.2, -0.15) is 0 Å². The fourth-order valence-electron chi connectivity index (χ4n) is 1.63. The Morgan fingerprint density at radius 1 is 1.62 bits per heavy atom. The standard InChI is InChI=1S/C10H16N2O4/c1-2-3-7(10(15)16)12-9(14)6-4-5-8(13)11-6/h6-7H,2-5H2,1H3,(H,11,13)(H,12,14)(H,15,16). The van der Waals surface area contributed by atoms with Crippen LogP contribution in [0, 0.1) is 0 Å². The second kappa shape index (κ2) is 5.48. The van der Waals surface area contributed by atoms with Crippen molar-refractivity contribution in [2.75, 3.05) is 0 Å². The van der Waals surface area contributed by atoms with Crippen LogP contribution in [0.4, 0.5) is 0 Å². The normalized spacial score (nSPS) is 21.3. The van der Waals surface area contributed by atoms with Crippen LogP contribution in [-0.4, -0.2) is 35.0 Å². The maximum Gasteiger partial charge on any atom is 0.326 e. The maximum atomic E-state index is 11.6. The van der Waals surface area contributed by atoms with Crippen LogP contribution in [0.25, 0.3) is 0 Å². The van der Waals surface area contributed by atoms with Gasteiger partial charge in [-0.3, -0.25) is 9.59 Å². The predicted octanol–water partition coefficient (Wildman–Crippen LogP) is -0.365. The summed E-state index contributed by atoms with van der Waals surface area (Å²) in [5, 5.41) is 13.8. The summed E-state index contributed by atoms with van der Waals surface area (Å²) in [5.41, 5.74) is 0. The Labute approximate surface area is 93.4 Å². The lowest BCUT2D eigenvalue weighted by Gasteiger charge is -2.16. The molecule has 0 aliphatic carbocycles. The van der Waals surface area contributed by atoms with E-state index in [2.05, 4.69) is 10.6 Å². The highest BCUT2D eigenvalue weighted by Gasteiger charge is 2.29. The molecule has 0 saturated carbocycles. The lowest BCUT2D eigenvalue weighted by atomic mass is 10.1. The van der Waals surface area contributed by atoms with Crippen molar-refractivity contribution < 1.29 is 19.5 Å². The van der Waals surface area contributed by atoms with Gasteiger partial charge in [0.05, 0.1) is 0 Å². The highest BCUT2D eigenvalue weighted by molar-refractivity contribution is 5.92. The summed E-state index contributed by atoms with van der Waals surface area (Å²) in [5.74, 6) is -1.62. The minimum atomic E-state index is -1.04. The molecular formula is C10H16N2O4. The fourth-order valence-corrected chi connectivity index (χ4v) is 1.63. The van der Waals surface area contributed by atoms with E-state index in [1.165, 1.54) is 0 Å². The van der Waals surface area contributed by atoms with E-state index in [-0.39, 0.29) is 5.91 Å². The number of rotatable bonds is 5. The Balaban J connectivity index is 2.48. The summed E-state index contributed by atoms with van der Waals surface area (Å²) >= 11 is 0. The molecule has 1 saturated heterocycles. The molecule has 1 aliphatic heterocycles. The molecule has 1 heterocycles. The van der Waals surface area contributed by atoms with Crippen LogP contribution >= 0.6 is 0 Å². The highest BCUT2D eigenvalue weighted by atomic mass is 16.4. The van der Waals surface area contributed by atoms with Crippen LogP contribution in [0.15, 0.2) is 0 Å². The third-order valence-corrected chi connectivity index (χ3v) is 2.50. The van der Waals surface area contributed by atoms with Gasteiger partial charge in [-0.25, -0.2) is 4.79 Å². The molecule has 1 fully saturated rings. The second-order valence-corrected chi connectivity index (χ2v) is 3.85. The molecule has 0 bridgehead atoms. The van der Waals surface area contributed by atoms with Gasteiger partial charge in [-0.05, 0) is 12.8 Å². The molecule has 1 aliphatic rings. The lowest BCUT2D eigenvalue weighted by Crippen LogP contribution is -2.48. The zero-order valence-corrected chi connectivity index (χ0v) is 9.16. The van der Waals surface area contributed by atoms with E-state index in [1.54, 1.807) is 0 Å². The molecular weight excluding hydrogens is 212 g/mol. The van der Waals surface area contributed by atoms with Crippen molar-refractivity contribution in [2.45, 2.75) is 44.7 Å². The minimum absolute atomic E-state index is 0.164. The number of carboxylic acids is 1. The zero-order chi connectivity index (χ0) is 12.1. The topological polar surface area (TPSA) is 95.5 Å². The first-order chi connectivity index (χ1) is 7.54. The molecule has 16 heavy (non-hydrogen) atoms. The first-order valence-electron chi connectivity index (χ1n) is 5.37. The quantitative estimate of drug-likeness (QED) is 0.598. The van der Waals surface area contributed by atoms with Gasteiger partial charge in [-0.1, -0.05) is 13.3 Å². The lowest BCUT2D eigenvalue weighted by molar-refractivity contribution is -0.142. The highest BCUT2D eigenvalue weighted by Crippen LogP contribution is 2.07. The van der Waals surface area contributed by atoms with Gasteiger partial charge in [-0.15, -0.1) is 0 Å². The monoisotopic (exact) mass is 228 g/mol. The number of nitrogens with one attached hydrogen (secondary N) is 2. The molecule has 3 N–H and O–H groups in total. The van der Waals surface area contributed by atoms with Crippen LogP contribution in [0.5, 0.6) is 0 Å². The van der Waals surface area contributed by atoms with Gasteiger partial charge in [0, 0.05) is 6.42 Å². The minimum Gasteiger partial charge on any atom is -0.480 e. The summed E-state index contributed by atoms with van der Waals surface area (Å²) in [7, 11) is 0. The average Bonchev–Trinajstić information content (AvgIpc) is 2.64. The smallest absolute Gasteiger partial charge is 0.326 e. The number of aliphatic carboxylic acids is 1. The first kappa shape index (κ1) is 12.5. The number of carbonyl (C=O) groups excluding carboxylic acids is 2. The van der Waals surface area contributed by atoms with Crippen LogP contribution < -0.4 is 10.6 Å². The average molecular weight is 228 g/mol. The Bertz CT molecular complexity index is 303. The number of carbonyl (C=O) groups is 3. The van der Waals surface area contributed by atoms with Crippen molar-refractivity contribution in [1.29, 1.82) is 0 Å². The zero-order valence-electron chi connectivity index (χ0n) is 9.16. The van der Waals surface area contributed by atoms with Gasteiger partial charge >= 0.3 is 5.97 Å². The van der Waals surface area contributed by atoms with Crippen molar-refractivity contribution in [3.05, 3.63) is 0 Å². The van der Waals surface area contributed by atoms with Crippen LogP contribution in [-0.2, 0) is 14.4 Å². The van der Waals surface area contributed by atoms with Gasteiger partial charge < -0.3 is 15.7 Å². The summed E-state index contributed by atoms with van der Waals surface area (Å²) in [6, 6.07) is -1.44. The van der Waals surface area contributed by atoms with E-state index >= 15 is 0 Å². The van der Waals surface area contributed by atoms with Crippen LogP contribution in [0.1, 0.15) is 32.6 Å². The first-order valence-corrected chi connectivity index (χ1v) is 5.37. The molecule has 6 nitrogen and oxygen atoms in total. The summed E-state index contributed by atoms with van der Waals surface area (Å²) in [6.45, 7) is 1.85. The van der Waals surface area contributed by atoms with Crippen molar-refractivity contribution in [3.8, 4) is 0 Å². The maximum absolute atomic E-state index is 11.6. The Morgan fingerprint density at radius 3 is 2.75 bits per heavy atom. The Morgan fingerprint density at radius 2 is 2.31 bits per heavy atom. The Kier molecular flexibility index (Phi) is 4.28. The van der Waals surface area contributed by atoms with Gasteiger partial charge in [0.2, 0.25) is 11.8 Å². The summed E-state index contributed by atoms with van der Waals surface area (Å²) in [4.78, 5) is 33.3. The molecule has 1 rings (SSSR count). The van der Waals surface area contributed by atoms with E-state index in [1.807, 2.05) is 6.92 Å². The number of hydrogen-bond acceptors (Lipinski definition) is 3. The second-order valence-electron chi connectivity index (χ2n) is 3.85. The van der Waals surface area contributed by atoms with E-state index in [9.17, 15) is 14.4 Å². The number of amides is 2. The number of hydrogen-bond donors (Lipinski definition) is 3. The molecule has 0 aromatic heterocycles.